The monoisotopic (exact) mass is 206 g/mol. The number of nitrogens with zero attached hydrogens (tertiary/aromatic N) is 1. The van der Waals surface area contributed by atoms with Gasteiger partial charge in [0.1, 0.15) is 5.84 Å². The highest BCUT2D eigenvalue weighted by molar-refractivity contribution is 8.00. The molecule has 1 aromatic rings. The van der Waals surface area contributed by atoms with Crippen LogP contribution in [0.5, 0.6) is 0 Å². The van der Waals surface area contributed by atoms with Gasteiger partial charge in [-0.25, -0.2) is 0 Å². The van der Waals surface area contributed by atoms with Crippen LogP contribution in [0.3, 0.4) is 0 Å². The van der Waals surface area contributed by atoms with Crippen molar-refractivity contribution < 1.29 is 0 Å². The van der Waals surface area contributed by atoms with E-state index in [2.05, 4.69) is 41.5 Å². The smallest absolute Gasteiger partial charge is 0.111 e. The van der Waals surface area contributed by atoms with E-state index in [9.17, 15) is 0 Å². The number of thioether (sulfide) groups is 1. The largest absolute Gasteiger partial charge is 0.343 e. The van der Waals surface area contributed by atoms with Crippen LogP contribution in [0.25, 0.3) is 0 Å². The van der Waals surface area contributed by atoms with Crippen molar-refractivity contribution in [2.45, 2.75) is 6.92 Å². The average Bonchev–Trinajstić information content (AvgIpc) is 2.23. The maximum Gasteiger partial charge on any atom is 0.111 e. The van der Waals surface area contributed by atoms with E-state index in [1.54, 1.807) is 0 Å². The van der Waals surface area contributed by atoms with Gasteiger partial charge in [0.25, 0.3) is 0 Å². The number of hydrogen-bond acceptors (Lipinski definition) is 3. The maximum absolute atomic E-state index is 4.43. The molecule has 0 amide bonds. The molecule has 0 saturated carbocycles. The fourth-order valence-corrected chi connectivity index (χ4v) is 2.06. The molecule has 0 radical (unpaired) electrons. The lowest BCUT2D eigenvalue weighted by Gasteiger charge is -2.13. The first-order valence-corrected chi connectivity index (χ1v) is 5.95. The van der Waals surface area contributed by atoms with Crippen molar-refractivity contribution >= 4 is 23.3 Å². The number of rotatable bonds is 1. The Morgan fingerprint density at radius 2 is 2.07 bits per heavy atom. The summed E-state index contributed by atoms with van der Waals surface area (Å²) in [5.41, 5.74) is 2.42. The van der Waals surface area contributed by atoms with Crippen molar-refractivity contribution in [3.63, 3.8) is 0 Å². The fraction of sp³-hybridized carbons (Fsp3) is 0.364. The van der Waals surface area contributed by atoms with E-state index in [0.717, 1.165) is 29.6 Å². The predicted molar refractivity (Wildman–Crippen MR) is 64.4 cm³/mol. The number of aryl methyl sites for hydroxylation is 1. The Morgan fingerprint density at radius 1 is 1.29 bits per heavy atom. The molecule has 74 valence electrons. The fourth-order valence-electron chi connectivity index (χ4n) is 1.34. The summed E-state index contributed by atoms with van der Waals surface area (Å²) >= 11 is 1.93. The molecule has 1 heterocycles. The van der Waals surface area contributed by atoms with Crippen molar-refractivity contribution in [2.24, 2.45) is 4.99 Å². The third-order valence-corrected chi connectivity index (χ3v) is 3.07. The minimum atomic E-state index is 0.943. The third kappa shape index (κ3) is 2.51. The predicted octanol–water partition coefficient (Wildman–Crippen LogP) is 2.55. The van der Waals surface area contributed by atoms with Crippen LogP contribution in [-0.4, -0.2) is 23.9 Å². The van der Waals surface area contributed by atoms with Gasteiger partial charge >= 0.3 is 0 Å². The Hall–Kier alpha value is -0.960. The van der Waals surface area contributed by atoms with Gasteiger partial charge in [-0.05, 0) is 19.1 Å². The van der Waals surface area contributed by atoms with Crippen molar-refractivity contribution in [3.8, 4) is 0 Å². The molecule has 0 spiro atoms. The summed E-state index contributed by atoms with van der Waals surface area (Å²) in [5.74, 6) is 3.26. The molecule has 0 atom stereocenters. The summed E-state index contributed by atoms with van der Waals surface area (Å²) in [6, 6.07) is 8.41. The molecule has 14 heavy (non-hydrogen) atoms. The average molecular weight is 206 g/mol. The van der Waals surface area contributed by atoms with Crippen LogP contribution in [0.15, 0.2) is 29.3 Å². The van der Waals surface area contributed by atoms with Crippen molar-refractivity contribution in [1.82, 2.24) is 0 Å². The van der Waals surface area contributed by atoms with Crippen LogP contribution < -0.4 is 5.32 Å². The molecule has 1 aromatic carbocycles. The van der Waals surface area contributed by atoms with E-state index in [4.69, 9.17) is 0 Å². The molecule has 0 fully saturated rings. The van der Waals surface area contributed by atoms with Gasteiger partial charge in [-0.3, -0.25) is 4.99 Å². The molecule has 0 aromatic heterocycles. The van der Waals surface area contributed by atoms with Crippen molar-refractivity contribution in [1.29, 1.82) is 0 Å². The number of nitrogens with one attached hydrogen (secondary N) is 1. The van der Waals surface area contributed by atoms with Crippen molar-refractivity contribution in [2.75, 3.05) is 23.4 Å². The molecule has 2 nitrogen and oxygen atoms in total. The van der Waals surface area contributed by atoms with E-state index >= 15 is 0 Å². The molecule has 0 bridgehead atoms. The van der Waals surface area contributed by atoms with Crippen LogP contribution in [0, 0.1) is 6.92 Å². The van der Waals surface area contributed by atoms with Gasteiger partial charge in [0.05, 0.1) is 12.3 Å². The van der Waals surface area contributed by atoms with E-state index in [1.165, 1.54) is 5.56 Å². The van der Waals surface area contributed by atoms with Gasteiger partial charge in [0.2, 0.25) is 0 Å². The van der Waals surface area contributed by atoms with Crippen LogP contribution in [0.4, 0.5) is 5.69 Å². The number of benzene rings is 1. The van der Waals surface area contributed by atoms with E-state index in [0.29, 0.717) is 0 Å². The highest BCUT2D eigenvalue weighted by atomic mass is 32.2. The van der Waals surface area contributed by atoms with Gasteiger partial charge in [0, 0.05) is 11.4 Å². The first-order chi connectivity index (χ1) is 6.84. The van der Waals surface area contributed by atoms with Crippen LogP contribution >= 0.6 is 11.8 Å². The van der Waals surface area contributed by atoms with E-state index in [-0.39, 0.29) is 0 Å². The molecule has 1 aliphatic rings. The van der Waals surface area contributed by atoms with Crippen LogP contribution in [0.2, 0.25) is 0 Å². The molecule has 0 saturated heterocycles. The Kier molecular flexibility index (Phi) is 3.09. The van der Waals surface area contributed by atoms with Crippen LogP contribution in [-0.2, 0) is 0 Å². The minimum absolute atomic E-state index is 0.943. The van der Waals surface area contributed by atoms with Gasteiger partial charge in [0.15, 0.2) is 0 Å². The third-order valence-electron chi connectivity index (χ3n) is 2.12. The molecular weight excluding hydrogens is 192 g/mol. The standard InChI is InChI=1S/C11H14N2S/c1-9-2-4-10(5-3-9)13-11-8-14-7-6-12-11/h2-5H,6-8H2,1H3,(H,12,13). The van der Waals surface area contributed by atoms with Crippen molar-refractivity contribution in [3.05, 3.63) is 29.8 Å². The van der Waals surface area contributed by atoms with E-state index < -0.39 is 0 Å². The number of aliphatic imine (C=N–C) groups is 1. The first kappa shape index (κ1) is 9.59. The summed E-state index contributed by atoms with van der Waals surface area (Å²) in [6.45, 7) is 3.04. The summed E-state index contributed by atoms with van der Waals surface area (Å²) in [5, 5.41) is 3.34. The molecule has 3 heteroatoms. The molecule has 1 aliphatic heterocycles. The SMILES string of the molecule is Cc1ccc(NC2=NCCSC2)cc1. The summed E-state index contributed by atoms with van der Waals surface area (Å²) in [6.07, 6.45) is 0. The summed E-state index contributed by atoms with van der Waals surface area (Å²) in [7, 11) is 0. The quantitative estimate of drug-likeness (QED) is 0.763. The zero-order valence-corrected chi connectivity index (χ0v) is 9.10. The Labute approximate surface area is 88.8 Å². The second-order valence-electron chi connectivity index (χ2n) is 3.37. The summed E-state index contributed by atoms with van der Waals surface area (Å²) < 4.78 is 0. The first-order valence-electron chi connectivity index (χ1n) is 4.79. The molecule has 0 aliphatic carbocycles. The normalized spacial score (nSPS) is 16.2. The van der Waals surface area contributed by atoms with Gasteiger partial charge in [-0.15, -0.1) is 0 Å². The maximum atomic E-state index is 4.43. The lowest BCUT2D eigenvalue weighted by atomic mass is 10.2. The van der Waals surface area contributed by atoms with Crippen LogP contribution in [0.1, 0.15) is 5.56 Å². The Morgan fingerprint density at radius 3 is 2.71 bits per heavy atom. The highest BCUT2D eigenvalue weighted by Gasteiger charge is 2.04. The topological polar surface area (TPSA) is 24.4 Å². The lowest BCUT2D eigenvalue weighted by Crippen LogP contribution is -2.19. The van der Waals surface area contributed by atoms with Gasteiger partial charge in [-0.1, -0.05) is 17.7 Å². The second kappa shape index (κ2) is 4.51. The number of hydrogen-bond donors (Lipinski definition) is 1. The molecule has 1 N–H and O–H groups in total. The second-order valence-corrected chi connectivity index (χ2v) is 4.48. The zero-order valence-electron chi connectivity index (χ0n) is 8.29. The molecule has 0 unspecified atom stereocenters. The highest BCUT2D eigenvalue weighted by Crippen LogP contribution is 2.12. The van der Waals surface area contributed by atoms with E-state index in [1.807, 2.05) is 11.8 Å². The Bertz CT molecular complexity index is 330. The minimum Gasteiger partial charge on any atom is -0.343 e. The molecule has 2 rings (SSSR count). The summed E-state index contributed by atoms with van der Waals surface area (Å²) in [4.78, 5) is 4.43. The zero-order chi connectivity index (χ0) is 9.80. The number of anilines is 1. The van der Waals surface area contributed by atoms with Gasteiger partial charge < -0.3 is 5.32 Å². The molecular formula is C11H14N2S. The Balaban J connectivity index is 2.03. The lowest BCUT2D eigenvalue weighted by molar-refractivity contribution is 1.12. The number of amidine groups is 1. The van der Waals surface area contributed by atoms with Gasteiger partial charge in [-0.2, -0.15) is 11.8 Å².